The van der Waals surface area contributed by atoms with Crippen molar-refractivity contribution in [2.24, 2.45) is 0 Å². The molecule has 2 aromatic rings. The SMILES string of the molecule is CN1CCc2ccc(/C=C/C(=O)Nc3ccc(C#N)cc3)cc2C1. The Bertz CT molecular complexity index is 816. The van der Waals surface area contributed by atoms with Gasteiger partial charge in [0.05, 0.1) is 11.6 Å². The van der Waals surface area contributed by atoms with Gasteiger partial charge in [-0.3, -0.25) is 4.79 Å². The molecule has 2 aromatic carbocycles. The van der Waals surface area contributed by atoms with Gasteiger partial charge in [0, 0.05) is 24.9 Å². The van der Waals surface area contributed by atoms with E-state index in [1.807, 2.05) is 6.08 Å². The molecule has 1 N–H and O–H groups in total. The third-order valence-electron chi connectivity index (χ3n) is 4.14. The Morgan fingerprint density at radius 3 is 2.75 bits per heavy atom. The number of fused-ring (bicyclic) bond motifs is 1. The van der Waals surface area contributed by atoms with Crippen molar-refractivity contribution in [1.82, 2.24) is 4.90 Å². The Morgan fingerprint density at radius 2 is 2.00 bits per heavy atom. The second kappa shape index (κ2) is 7.12. The number of nitrogens with zero attached hydrogens (tertiary/aromatic N) is 2. The fourth-order valence-electron chi connectivity index (χ4n) is 2.81. The zero-order valence-corrected chi connectivity index (χ0v) is 13.6. The summed E-state index contributed by atoms with van der Waals surface area (Å²) < 4.78 is 0. The van der Waals surface area contributed by atoms with Crippen LogP contribution in [0.25, 0.3) is 6.08 Å². The van der Waals surface area contributed by atoms with Crippen LogP contribution in [0.1, 0.15) is 22.3 Å². The van der Waals surface area contributed by atoms with E-state index in [0.29, 0.717) is 11.3 Å². The Labute approximate surface area is 142 Å². The molecule has 1 amide bonds. The first-order valence-electron chi connectivity index (χ1n) is 7.93. The van der Waals surface area contributed by atoms with Crippen molar-refractivity contribution in [2.45, 2.75) is 13.0 Å². The lowest BCUT2D eigenvalue weighted by Crippen LogP contribution is -2.26. The van der Waals surface area contributed by atoms with Crippen LogP contribution in [0, 0.1) is 11.3 Å². The van der Waals surface area contributed by atoms with E-state index in [-0.39, 0.29) is 5.91 Å². The molecule has 0 bridgehead atoms. The largest absolute Gasteiger partial charge is 0.323 e. The third kappa shape index (κ3) is 3.89. The molecule has 0 aromatic heterocycles. The van der Waals surface area contributed by atoms with E-state index in [2.05, 4.69) is 41.5 Å². The van der Waals surface area contributed by atoms with Crippen LogP contribution in [0.3, 0.4) is 0 Å². The summed E-state index contributed by atoms with van der Waals surface area (Å²) in [6.45, 7) is 2.05. The highest BCUT2D eigenvalue weighted by atomic mass is 16.1. The minimum atomic E-state index is -0.186. The first-order chi connectivity index (χ1) is 11.6. The third-order valence-corrected chi connectivity index (χ3v) is 4.14. The maximum Gasteiger partial charge on any atom is 0.248 e. The van der Waals surface area contributed by atoms with Crippen molar-refractivity contribution < 1.29 is 4.79 Å². The fraction of sp³-hybridized carbons (Fsp3) is 0.200. The van der Waals surface area contributed by atoms with E-state index in [1.165, 1.54) is 17.2 Å². The first-order valence-corrected chi connectivity index (χ1v) is 7.93. The molecular weight excluding hydrogens is 298 g/mol. The molecular formula is C20H19N3O. The van der Waals surface area contributed by atoms with Crippen molar-refractivity contribution in [1.29, 1.82) is 5.26 Å². The zero-order valence-electron chi connectivity index (χ0n) is 13.6. The number of anilines is 1. The van der Waals surface area contributed by atoms with Crippen LogP contribution in [0.2, 0.25) is 0 Å². The number of nitriles is 1. The van der Waals surface area contributed by atoms with Gasteiger partial charge in [-0.15, -0.1) is 0 Å². The highest BCUT2D eigenvalue weighted by Gasteiger charge is 2.12. The predicted molar refractivity (Wildman–Crippen MR) is 95.3 cm³/mol. The van der Waals surface area contributed by atoms with Gasteiger partial charge >= 0.3 is 0 Å². The molecule has 4 heteroatoms. The molecule has 0 saturated heterocycles. The predicted octanol–water partition coefficient (Wildman–Crippen LogP) is 3.20. The van der Waals surface area contributed by atoms with E-state index in [4.69, 9.17) is 5.26 Å². The normalized spacial score (nSPS) is 14.2. The van der Waals surface area contributed by atoms with Crippen molar-refractivity contribution in [2.75, 3.05) is 18.9 Å². The van der Waals surface area contributed by atoms with Gasteiger partial charge in [0.15, 0.2) is 0 Å². The topological polar surface area (TPSA) is 56.1 Å². The van der Waals surface area contributed by atoms with Crippen LogP contribution in [0.5, 0.6) is 0 Å². The molecule has 3 rings (SSSR count). The number of amides is 1. The number of carbonyl (C=O) groups is 1. The van der Waals surface area contributed by atoms with E-state index in [1.54, 1.807) is 24.3 Å². The minimum absolute atomic E-state index is 0.186. The van der Waals surface area contributed by atoms with Gasteiger partial charge < -0.3 is 10.2 Å². The van der Waals surface area contributed by atoms with Gasteiger partial charge in [-0.25, -0.2) is 0 Å². The van der Waals surface area contributed by atoms with Crippen molar-refractivity contribution in [3.63, 3.8) is 0 Å². The van der Waals surface area contributed by atoms with Crippen LogP contribution in [-0.2, 0) is 17.8 Å². The fourth-order valence-corrected chi connectivity index (χ4v) is 2.81. The molecule has 0 spiro atoms. The molecule has 0 saturated carbocycles. The number of likely N-dealkylation sites (N-methyl/N-ethyl adjacent to an activating group) is 1. The van der Waals surface area contributed by atoms with Crippen LogP contribution in [0.4, 0.5) is 5.69 Å². The maximum atomic E-state index is 12.0. The zero-order chi connectivity index (χ0) is 16.9. The summed E-state index contributed by atoms with van der Waals surface area (Å²) in [6, 6.07) is 15.2. The quantitative estimate of drug-likeness (QED) is 0.885. The number of hydrogen-bond acceptors (Lipinski definition) is 3. The molecule has 0 unspecified atom stereocenters. The summed E-state index contributed by atoms with van der Waals surface area (Å²) in [6.07, 6.45) is 4.44. The maximum absolute atomic E-state index is 12.0. The number of hydrogen-bond donors (Lipinski definition) is 1. The number of benzene rings is 2. The second-order valence-corrected chi connectivity index (χ2v) is 6.03. The van der Waals surface area contributed by atoms with Crippen LogP contribution < -0.4 is 5.32 Å². The van der Waals surface area contributed by atoms with E-state index >= 15 is 0 Å². The van der Waals surface area contributed by atoms with Gasteiger partial charge in [0.25, 0.3) is 0 Å². The van der Waals surface area contributed by atoms with Gasteiger partial charge in [-0.05, 0) is 60.5 Å². The van der Waals surface area contributed by atoms with Crippen LogP contribution in [-0.4, -0.2) is 24.4 Å². The Balaban J connectivity index is 1.65. The van der Waals surface area contributed by atoms with E-state index in [9.17, 15) is 4.79 Å². The van der Waals surface area contributed by atoms with E-state index in [0.717, 1.165) is 25.1 Å². The second-order valence-electron chi connectivity index (χ2n) is 6.03. The van der Waals surface area contributed by atoms with Gasteiger partial charge in [0.1, 0.15) is 0 Å². The molecule has 0 fully saturated rings. The smallest absolute Gasteiger partial charge is 0.248 e. The molecule has 1 aliphatic heterocycles. The summed E-state index contributed by atoms with van der Waals surface area (Å²) in [5, 5.41) is 11.6. The number of carbonyl (C=O) groups excluding carboxylic acids is 1. The lowest BCUT2D eigenvalue weighted by molar-refractivity contribution is -0.111. The van der Waals surface area contributed by atoms with Crippen molar-refractivity contribution in [3.8, 4) is 6.07 Å². The average molecular weight is 317 g/mol. The molecule has 0 radical (unpaired) electrons. The summed E-state index contributed by atoms with van der Waals surface area (Å²) >= 11 is 0. The summed E-state index contributed by atoms with van der Waals surface area (Å²) in [5.74, 6) is -0.186. The summed E-state index contributed by atoms with van der Waals surface area (Å²) in [4.78, 5) is 14.3. The minimum Gasteiger partial charge on any atom is -0.323 e. The highest BCUT2D eigenvalue weighted by molar-refractivity contribution is 6.01. The van der Waals surface area contributed by atoms with Gasteiger partial charge in [0.2, 0.25) is 5.91 Å². The first kappa shape index (κ1) is 16.0. The average Bonchev–Trinajstić information content (AvgIpc) is 2.60. The lowest BCUT2D eigenvalue weighted by atomic mass is 9.97. The van der Waals surface area contributed by atoms with Crippen LogP contribution >= 0.6 is 0 Å². The molecule has 1 heterocycles. The standard InChI is InChI=1S/C20H19N3O/c1-23-11-10-17-6-2-15(12-18(17)14-23)5-9-20(24)22-19-7-3-16(13-21)4-8-19/h2-9,12H,10-11,14H2,1H3,(H,22,24)/b9-5+. The molecule has 0 aliphatic carbocycles. The monoisotopic (exact) mass is 317 g/mol. The lowest BCUT2D eigenvalue weighted by Gasteiger charge is -2.25. The van der Waals surface area contributed by atoms with Crippen LogP contribution in [0.15, 0.2) is 48.5 Å². The Hall–Kier alpha value is -2.90. The molecule has 24 heavy (non-hydrogen) atoms. The summed E-state index contributed by atoms with van der Waals surface area (Å²) in [7, 11) is 2.12. The highest BCUT2D eigenvalue weighted by Crippen LogP contribution is 2.20. The van der Waals surface area contributed by atoms with Gasteiger partial charge in [-0.2, -0.15) is 5.26 Å². The molecule has 1 aliphatic rings. The van der Waals surface area contributed by atoms with Crippen molar-refractivity contribution in [3.05, 3.63) is 70.8 Å². The Morgan fingerprint density at radius 1 is 1.21 bits per heavy atom. The Kier molecular flexibility index (Phi) is 4.74. The van der Waals surface area contributed by atoms with Gasteiger partial charge in [-0.1, -0.05) is 18.2 Å². The van der Waals surface area contributed by atoms with E-state index < -0.39 is 0 Å². The summed E-state index contributed by atoms with van der Waals surface area (Å²) in [5.41, 5.74) is 5.00. The molecule has 4 nitrogen and oxygen atoms in total. The van der Waals surface area contributed by atoms with Crippen molar-refractivity contribution >= 4 is 17.7 Å². The number of rotatable bonds is 3. The number of nitrogens with one attached hydrogen (secondary N) is 1. The molecule has 120 valence electrons. The molecule has 0 atom stereocenters.